The molecule has 126 valence electrons. The fraction of sp³-hybridized carbons (Fsp3) is 0.533. The molecule has 0 aliphatic heterocycles. The number of fused-ring (bicyclic) bond motifs is 1. The highest BCUT2D eigenvalue weighted by Gasteiger charge is 2.37. The minimum absolute atomic E-state index is 0.0985. The molecule has 5 nitrogen and oxygen atoms in total. The van der Waals surface area contributed by atoms with Crippen LogP contribution in [0.5, 0.6) is 0 Å². The van der Waals surface area contributed by atoms with E-state index in [0.717, 1.165) is 21.8 Å². The van der Waals surface area contributed by atoms with Gasteiger partial charge < -0.3 is 9.57 Å². The van der Waals surface area contributed by atoms with Crippen LogP contribution >= 0.6 is 34.7 Å². The lowest BCUT2D eigenvalue weighted by Gasteiger charge is -2.31. The SMILES string of the molecule is COC(=O)c1sc(SC)c2c1CC(C)(C)CC2=NOC(=O)CCl. The summed E-state index contributed by atoms with van der Waals surface area (Å²) in [6.07, 6.45) is 3.34. The van der Waals surface area contributed by atoms with E-state index in [0.29, 0.717) is 17.0 Å². The predicted molar refractivity (Wildman–Crippen MR) is 92.9 cm³/mol. The van der Waals surface area contributed by atoms with E-state index >= 15 is 0 Å². The Morgan fingerprint density at radius 3 is 2.65 bits per heavy atom. The average molecular weight is 376 g/mol. The topological polar surface area (TPSA) is 65.0 Å². The van der Waals surface area contributed by atoms with Gasteiger partial charge in [-0.1, -0.05) is 19.0 Å². The van der Waals surface area contributed by atoms with Gasteiger partial charge in [-0.15, -0.1) is 34.7 Å². The first-order valence-corrected chi connectivity index (χ1v) is 9.51. The number of nitrogens with zero attached hydrogens (tertiary/aromatic N) is 1. The van der Waals surface area contributed by atoms with Crippen LogP contribution in [0.4, 0.5) is 0 Å². The Morgan fingerprint density at radius 1 is 1.39 bits per heavy atom. The lowest BCUT2D eigenvalue weighted by Crippen LogP contribution is -2.28. The quantitative estimate of drug-likeness (QED) is 0.264. The number of carbonyl (C=O) groups excluding carboxylic acids is 2. The van der Waals surface area contributed by atoms with E-state index in [1.807, 2.05) is 6.26 Å². The lowest BCUT2D eigenvalue weighted by atomic mass is 9.74. The molecule has 0 N–H and O–H groups in total. The van der Waals surface area contributed by atoms with Gasteiger partial charge in [0.15, 0.2) is 0 Å². The molecule has 0 radical (unpaired) electrons. The number of esters is 1. The van der Waals surface area contributed by atoms with Gasteiger partial charge in [0, 0.05) is 5.56 Å². The van der Waals surface area contributed by atoms with E-state index < -0.39 is 5.97 Å². The molecule has 1 heterocycles. The predicted octanol–water partition coefficient (Wildman–Crippen LogP) is 3.72. The maximum atomic E-state index is 12.1. The van der Waals surface area contributed by atoms with Crippen molar-refractivity contribution in [2.75, 3.05) is 19.2 Å². The molecule has 1 aromatic heterocycles. The normalized spacial score (nSPS) is 17.7. The molecule has 0 bridgehead atoms. The van der Waals surface area contributed by atoms with Crippen molar-refractivity contribution in [1.82, 2.24) is 0 Å². The molecule has 0 atom stereocenters. The van der Waals surface area contributed by atoms with Crippen molar-refractivity contribution in [2.24, 2.45) is 10.6 Å². The van der Waals surface area contributed by atoms with Crippen LogP contribution in [-0.4, -0.2) is 36.9 Å². The average Bonchev–Trinajstić information content (AvgIpc) is 2.88. The Hall–Kier alpha value is -1.05. The Morgan fingerprint density at radius 2 is 2.09 bits per heavy atom. The van der Waals surface area contributed by atoms with Crippen molar-refractivity contribution in [3.8, 4) is 0 Å². The van der Waals surface area contributed by atoms with Crippen LogP contribution in [0.25, 0.3) is 0 Å². The smallest absolute Gasteiger partial charge is 0.349 e. The molecule has 0 fully saturated rings. The molecule has 0 spiro atoms. The molecule has 2 rings (SSSR count). The molecule has 0 saturated carbocycles. The summed E-state index contributed by atoms with van der Waals surface area (Å²) in [5.41, 5.74) is 2.39. The molecular formula is C15H18ClNO4S2. The van der Waals surface area contributed by atoms with E-state index in [2.05, 4.69) is 19.0 Å². The second kappa shape index (κ2) is 7.23. The van der Waals surface area contributed by atoms with Gasteiger partial charge in [0.1, 0.15) is 10.8 Å². The van der Waals surface area contributed by atoms with Crippen LogP contribution < -0.4 is 0 Å². The number of oxime groups is 1. The first-order valence-electron chi connectivity index (χ1n) is 6.94. The molecule has 0 saturated heterocycles. The van der Waals surface area contributed by atoms with Crippen molar-refractivity contribution < 1.29 is 19.2 Å². The summed E-state index contributed by atoms with van der Waals surface area (Å²) in [6.45, 7) is 4.18. The number of hydrogen-bond donors (Lipinski definition) is 0. The van der Waals surface area contributed by atoms with Crippen molar-refractivity contribution in [2.45, 2.75) is 30.9 Å². The van der Waals surface area contributed by atoms with E-state index in [-0.39, 0.29) is 17.3 Å². The van der Waals surface area contributed by atoms with Gasteiger partial charge in [-0.2, -0.15) is 0 Å². The third-order valence-electron chi connectivity index (χ3n) is 3.49. The first-order chi connectivity index (χ1) is 10.8. The fourth-order valence-electron chi connectivity index (χ4n) is 2.60. The number of carbonyl (C=O) groups is 2. The number of halogens is 1. The van der Waals surface area contributed by atoms with Crippen LogP contribution in [-0.2, 0) is 20.8 Å². The Labute approximate surface area is 148 Å². The second-order valence-corrected chi connectivity index (χ2v) is 8.28. The number of rotatable bonds is 4. The van der Waals surface area contributed by atoms with Crippen molar-refractivity contribution in [3.05, 3.63) is 16.0 Å². The molecule has 0 amide bonds. The van der Waals surface area contributed by atoms with Crippen LogP contribution in [0, 0.1) is 5.41 Å². The molecule has 1 aliphatic rings. The monoisotopic (exact) mass is 375 g/mol. The molecule has 0 unspecified atom stereocenters. The summed E-state index contributed by atoms with van der Waals surface area (Å²) in [5, 5.41) is 4.02. The van der Waals surface area contributed by atoms with Crippen molar-refractivity contribution in [3.63, 3.8) is 0 Å². The maximum absolute atomic E-state index is 12.1. The van der Waals surface area contributed by atoms with Gasteiger partial charge in [-0.25, -0.2) is 9.59 Å². The van der Waals surface area contributed by atoms with E-state index in [4.69, 9.17) is 21.2 Å². The molecule has 0 aromatic carbocycles. The summed E-state index contributed by atoms with van der Waals surface area (Å²) in [6, 6.07) is 0. The summed E-state index contributed by atoms with van der Waals surface area (Å²) >= 11 is 8.37. The first kappa shape index (κ1) is 18.3. The van der Waals surface area contributed by atoms with Gasteiger partial charge in [-0.05, 0) is 30.1 Å². The fourth-order valence-corrected chi connectivity index (χ4v) is 4.66. The van der Waals surface area contributed by atoms with Gasteiger partial charge in [-0.3, -0.25) is 0 Å². The van der Waals surface area contributed by atoms with Crippen LogP contribution in [0.3, 0.4) is 0 Å². The largest absolute Gasteiger partial charge is 0.465 e. The third-order valence-corrected chi connectivity index (χ3v) is 6.04. The van der Waals surface area contributed by atoms with E-state index in [9.17, 15) is 9.59 Å². The second-order valence-electron chi connectivity index (χ2n) is 5.92. The molecule has 23 heavy (non-hydrogen) atoms. The highest BCUT2D eigenvalue weighted by molar-refractivity contribution is 8.00. The Balaban J connectivity index is 2.56. The summed E-state index contributed by atoms with van der Waals surface area (Å²) < 4.78 is 5.87. The third kappa shape index (κ3) is 3.89. The van der Waals surface area contributed by atoms with Crippen LogP contribution in [0.1, 0.15) is 41.1 Å². The molecule has 1 aromatic rings. The highest BCUT2D eigenvalue weighted by Crippen LogP contribution is 2.45. The highest BCUT2D eigenvalue weighted by atomic mass is 35.5. The number of thioether (sulfide) groups is 1. The maximum Gasteiger partial charge on any atom is 0.349 e. The zero-order chi connectivity index (χ0) is 17.2. The Bertz CT molecular complexity index is 667. The van der Waals surface area contributed by atoms with Crippen LogP contribution in [0.15, 0.2) is 9.36 Å². The van der Waals surface area contributed by atoms with Crippen molar-refractivity contribution in [1.29, 1.82) is 0 Å². The zero-order valence-electron chi connectivity index (χ0n) is 13.4. The van der Waals surface area contributed by atoms with Gasteiger partial charge in [0.2, 0.25) is 0 Å². The minimum atomic E-state index is -0.599. The summed E-state index contributed by atoms with van der Waals surface area (Å²) in [5.74, 6) is -1.20. The Kier molecular flexibility index (Phi) is 5.75. The van der Waals surface area contributed by atoms with E-state index in [1.54, 1.807) is 0 Å². The number of hydrogen-bond acceptors (Lipinski definition) is 7. The van der Waals surface area contributed by atoms with E-state index in [1.165, 1.54) is 30.2 Å². The van der Waals surface area contributed by atoms with Gasteiger partial charge >= 0.3 is 11.9 Å². The lowest BCUT2D eigenvalue weighted by molar-refractivity contribution is -0.140. The summed E-state index contributed by atoms with van der Waals surface area (Å²) in [4.78, 5) is 28.9. The zero-order valence-corrected chi connectivity index (χ0v) is 15.8. The number of methoxy groups -OCH3 is 1. The molecule has 1 aliphatic carbocycles. The standard InChI is InChI=1S/C15H18ClNO4S2/c1-15(2)5-8-11(9(6-15)17-21-10(18)7-16)14(22-4)23-12(8)13(19)20-3/h5-7H2,1-4H3. The molecular weight excluding hydrogens is 358 g/mol. The van der Waals surface area contributed by atoms with Gasteiger partial charge in [0.05, 0.1) is 17.0 Å². The number of alkyl halides is 1. The van der Waals surface area contributed by atoms with Crippen molar-refractivity contribution >= 4 is 52.3 Å². The number of thiophene rings is 1. The number of ether oxygens (including phenoxy) is 1. The van der Waals surface area contributed by atoms with Crippen LogP contribution in [0.2, 0.25) is 0 Å². The minimum Gasteiger partial charge on any atom is -0.465 e. The summed E-state index contributed by atoms with van der Waals surface area (Å²) in [7, 11) is 1.37. The molecule has 8 heteroatoms. The van der Waals surface area contributed by atoms with Gasteiger partial charge in [0.25, 0.3) is 0 Å².